The second-order valence-electron chi connectivity index (χ2n) is 12.7. The van der Waals surface area contributed by atoms with Gasteiger partial charge in [-0.25, -0.2) is 0 Å². The van der Waals surface area contributed by atoms with Gasteiger partial charge in [0.25, 0.3) is 10.1 Å². The molecule has 4 aliphatic carbocycles. The molecule has 35 heavy (non-hydrogen) atoms. The summed E-state index contributed by atoms with van der Waals surface area (Å²) >= 11 is 0. The first-order chi connectivity index (χ1) is 16.3. The minimum atomic E-state index is -4.08. The van der Waals surface area contributed by atoms with Gasteiger partial charge in [-0.1, -0.05) is 20.8 Å². The molecule has 0 spiro atoms. The molecule has 0 aromatic rings. The molecule has 4 fully saturated rings. The number of fused-ring (bicyclic) bond motifs is 5. The van der Waals surface area contributed by atoms with E-state index in [1.807, 2.05) is 0 Å². The maximum Gasteiger partial charge on any atom is 0.266 e. The highest BCUT2D eigenvalue weighted by molar-refractivity contribution is 7.85. The van der Waals surface area contributed by atoms with E-state index in [4.69, 9.17) is 4.55 Å². The molecule has 4 rings (SSSR count). The lowest BCUT2D eigenvalue weighted by atomic mass is 9.43. The predicted molar refractivity (Wildman–Crippen MR) is 132 cm³/mol. The minimum Gasteiger partial charge on any atom is -0.393 e. The molecule has 0 aromatic carbocycles. The number of aliphatic hydroxyl groups is 3. The van der Waals surface area contributed by atoms with Crippen molar-refractivity contribution in [1.29, 1.82) is 0 Å². The van der Waals surface area contributed by atoms with Crippen LogP contribution in [0, 0.1) is 46.3 Å². The molecule has 0 saturated heterocycles. The van der Waals surface area contributed by atoms with Crippen LogP contribution in [0.5, 0.6) is 0 Å². The Kier molecular flexibility index (Phi) is 7.69. The first kappa shape index (κ1) is 27.3. The standard InChI is InChI=1S/C26H45NO7S/c1-15(4-7-21(29)27-12-13-35(32,33)34)17-5-6-18-22-19(9-11-25(17,18)2)26(3)10-8-16(28)14-20(26)23(30)24(22)31/h15-20,22-24,28,30-31H,4-14H2,1-3H3,(H,27,29)(H,32,33,34)/t15-,16-,17?,18?,19?,20+,22?,23-,24+,25-,26-/m1/s1. The van der Waals surface area contributed by atoms with Gasteiger partial charge in [-0.05, 0) is 97.7 Å². The second kappa shape index (κ2) is 9.86. The smallest absolute Gasteiger partial charge is 0.266 e. The molecule has 4 saturated carbocycles. The Morgan fingerprint density at radius 2 is 1.63 bits per heavy atom. The number of amides is 1. The van der Waals surface area contributed by atoms with Crippen LogP contribution in [-0.2, 0) is 14.9 Å². The Morgan fingerprint density at radius 1 is 0.971 bits per heavy atom. The monoisotopic (exact) mass is 515 g/mol. The summed E-state index contributed by atoms with van der Waals surface area (Å²) in [5, 5.41) is 35.4. The van der Waals surface area contributed by atoms with Crippen molar-refractivity contribution in [2.75, 3.05) is 12.3 Å². The van der Waals surface area contributed by atoms with Crippen molar-refractivity contribution < 1.29 is 33.1 Å². The lowest BCUT2D eigenvalue weighted by Crippen LogP contribution is -2.64. The molecule has 9 heteroatoms. The van der Waals surface area contributed by atoms with Crippen LogP contribution in [-0.4, -0.2) is 64.8 Å². The first-order valence-electron chi connectivity index (χ1n) is 13.5. The number of carbonyl (C=O) groups excluding carboxylic acids is 1. The lowest BCUT2D eigenvalue weighted by molar-refractivity contribution is -0.223. The third kappa shape index (κ3) is 5.05. The molecule has 0 aromatic heterocycles. The molecule has 0 bridgehead atoms. The van der Waals surface area contributed by atoms with Crippen LogP contribution in [0.25, 0.3) is 0 Å². The second-order valence-corrected chi connectivity index (χ2v) is 14.3. The van der Waals surface area contributed by atoms with E-state index < -0.39 is 28.1 Å². The Hall–Kier alpha value is -0.740. The lowest BCUT2D eigenvalue weighted by Gasteiger charge is -2.63. The Balaban J connectivity index is 1.42. The molecule has 202 valence electrons. The van der Waals surface area contributed by atoms with Crippen LogP contribution < -0.4 is 5.32 Å². The molecule has 0 aliphatic heterocycles. The number of carbonyl (C=O) groups is 1. The molecule has 8 nitrogen and oxygen atoms in total. The summed E-state index contributed by atoms with van der Waals surface area (Å²) < 4.78 is 30.5. The summed E-state index contributed by atoms with van der Waals surface area (Å²) in [6.07, 6.45) is 5.54. The fourth-order valence-corrected chi connectivity index (χ4v) is 9.54. The van der Waals surface area contributed by atoms with E-state index in [2.05, 4.69) is 26.1 Å². The van der Waals surface area contributed by atoms with Gasteiger partial charge in [-0.3, -0.25) is 9.35 Å². The number of aliphatic hydroxyl groups excluding tert-OH is 3. The predicted octanol–water partition coefficient (Wildman–Crippen LogP) is 2.37. The molecule has 0 radical (unpaired) electrons. The van der Waals surface area contributed by atoms with E-state index in [0.29, 0.717) is 42.9 Å². The van der Waals surface area contributed by atoms with Crippen molar-refractivity contribution in [3.63, 3.8) is 0 Å². The van der Waals surface area contributed by atoms with E-state index in [9.17, 15) is 28.5 Å². The maximum atomic E-state index is 12.2. The van der Waals surface area contributed by atoms with Crippen molar-refractivity contribution in [3.05, 3.63) is 0 Å². The fourth-order valence-electron chi connectivity index (χ4n) is 9.18. The maximum absolute atomic E-state index is 12.2. The molecule has 11 atom stereocenters. The van der Waals surface area contributed by atoms with Gasteiger partial charge in [0.05, 0.1) is 24.1 Å². The largest absolute Gasteiger partial charge is 0.393 e. The third-order valence-electron chi connectivity index (χ3n) is 11.0. The van der Waals surface area contributed by atoms with Crippen molar-refractivity contribution in [3.8, 4) is 0 Å². The summed E-state index contributed by atoms with van der Waals surface area (Å²) in [6, 6.07) is 0. The van der Waals surface area contributed by atoms with Gasteiger partial charge in [0.1, 0.15) is 0 Å². The molecule has 1 amide bonds. The number of hydrogen-bond donors (Lipinski definition) is 5. The highest BCUT2D eigenvalue weighted by Gasteiger charge is 2.65. The van der Waals surface area contributed by atoms with Gasteiger partial charge in [0.2, 0.25) is 5.91 Å². The average Bonchev–Trinajstić information content (AvgIpc) is 3.13. The van der Waals surface area contributed by atoms with E-state index >= 15 is 0 Å². The van der Waals surface area contributed by atoms with E-state index in [0.717, 1.165) is 38.5 Å². The van der Waals surface area contributed by atoms with E-state index in [-0.39, 0.29) is 41.2 Å². The van der Waals surface area contributed by atoms with Gasteiger partial charge in [0.15, 0.2) is 0 Å². The van der Waals surface area contributed by atoms with Crippen molar-refractivity contribution >= 4 is 16.0 Å². The van der Waals surface area contributed by atoms with Crippen LogP contribution in [0.2, 0.25) is 0 Å². The zero-order chi connectivity index (χ0) is 25.8. The molecule has 5 N–H and O–H groups in total. The van der Waals surface area contributed by atoms with Gasteiger partial charge in [0, 0.05) is 13.0 Å². The number of hydrogen-bond acceptors (Lipinski definition) is 6. The number of rotatable bonds is 7. The zero-order valence-corrected chi connectivity index (χ0v) is 22.2. The van der Waals surface area contributed by atoms with Gasteiger partial charge < -0.3 is 20.6 Å². The molecule has 0 heterocycles. The Labute approximate surface area is 210 Å². The highest BCUT2D eigenvalue weighted by atomic mass is 32.2. The first-order valence-corrected chi connectivity index (χ1v) is 15.1. The highest BCUT2D eigenvalue weighted by Crippen LogP contribution is 2.68. The van der Waals surface area contributed by atoms with Crippen LogP contribution in [0.15, 0.2) is 0 Å². The molecular formula is C26H45NO7S. The van der Waals surface area contributed by atoms with Gasteiger partial charge in [-0.2, -0.15) is 8.42 Å². The summed E-state index contributed by atoms with van der Waals surface area (Å²) in [6.45, 7) is 6.75. The minimum absolute atomic E-state index is 0.0479. The van der Waals surface area contributed by atoms with E-state index in [1.165, 1.54) is 0 Å². The van der Waals surface area contributed by atoms with Crippen LogP contribution in [0.1, 0.15) is 78.6 Å². The van der Waals surface area contributed by atoms with Crippen molar-refractivity contribution in [2.24, 2.45) is 46.3 Å². The molecule has 4 unspecified atom stereocenters. The quantitative estimate of drug-likeness (QED) is 0.327. The topological polar surface area (TPSA) is 144 Å². The molecular weight excluding hydrogens is 470 g/mol. The summed E-state index contributed by atoms with van der Waals surface area (Å²) in [4.78, 5) is 12.2. The summed E-state index contributed by atoms with van der Waals surface area (Å²) in [5.74, 6) is 0.781. The summed E-state index contributed by atoms with van der Waals surface area (Å²) in [7, 11) is -4.08. The zero-order valence-electron chi connectivity index (χ0n) is 21.4. The normalized spacial score (nSPS) is 46.3. The summed E-state index contributed by atoms with van der Waals surface area (Å²) in [5.41, 5.74) is 0.00776. The third-order valence-corrected chi connectivity index (χ3v) is 11.7. The van der Waals surface area contributed by atoms with Crippen molar-refractivity contribution in [1.82, 2.24) is 5.32 Å². The average molecular weight is 516 g/mol. The van der Waals surface area contributed by atoms with Crippen LogP contribution >= 0.6 is 0 Å². The SMILES string of the molecule is C[C@H](CCC(=O)NCCS(=O)(=O)O)C1CCC2C3C(CC[C@@]21C)[C@@]1(C)CC[C@@H](O)C[C@H]1[C@@H](O)[C@H]3O. The van der Waals surface area contributed by atoms with Crippen molar-refractivity contribution in [2.45, 2.75) is 96.9 Å². The van der Waals surface area contributed by atoms with Crippen LogP contribution in [0.3, 0.4) is 0 Å². The Morgan fingerprint density at radius 3 is 2.31 bits per heavy atom. The van der Waals surface area contributed by atoms with E-state index in [1.54, 1.807) is 0 Å². The Bertz CT molecular complexity index is 896. The van der Waals surface area contributed by atoms with Gasteiger partial charge in [-0.15, -0.1) is 0 Å². The number of nitrogens with one attached hydrogen (secondary N) is 1. The molecule has 4 aliphatic rings. The fraction of sp³-hybridized carbons (Fsp3) is 0.962. The van der Waals surface area contributed by atoms with Crippen LogP contribution in [0.4, 0.5) is 0 Å². The van der Waals surface area contributed by atoms with Gasteiger partial charge >= 0.3 is 0 Å².